The van der Waals surface area contributed by atoms with E-state index in [0.29, 0.717) is 53.7 Å². The fraction of sp³-hybridized carbons (Fsp3) is 0.167. The number of piperazine rings is 1. The first-order valence-electron chi connectivity index (χ1n) is 12.8. The van der Waals surface area contributed by atoms with Gasteiger partial charge in [-0.15, -0.1) is 0 Å². The second kappa shape index (κ2) is 10.4. The zero-order chi connectivity index (χ0) is 28.8. The molecule has 2 aliphatic heterocycles. The van der Waals surface area contributed by atoms with Crippen LogP contribution < -0.4 is 10.3 Å². The van der Waals surface area contributed by atoms with E-state index < -0.39 is 34.6 Å². The van der Waals surface area contributed by atoms with Gasteiger partial charge in [0.1, 0.15) is 23.8 Å². The highest BCUT2D eigenvalue weighted by Gasteiger charge is 2.33. The Morgan fingerprint density at radius 1 is 0.927 bits per heavy atom. The summed E-state index contributed by atoms with van der Waals surface area (Å²) in [5.41, 5.74) is 1.30. The maximum Gasteiger partial charge on any atom is 0.341 e. The summed E-state index contributed by atoms with van der Waals surface area (Å²) in [5, 5.41) is 9.92. The highest BCUT2D eigenvalue weighted by atomic mass is 35.5. The van der Waals surface area contributed by atoms with Crippen molar-refractivity contribution in [3.05, 3.63) is 111 Å². The number of carbonyl (C=O) groups excluding carboxylic acids is 1. The summed E-state index contributed by atoms with van der Waals surface area (Å²) in [6.45, 7) is 1.81. The number of halogens is 3. The molecule has 3 heterocycles. The van der Waals surface area contributed by atoms with Gasteiger partial charge in [0.05, 0.1) is 22.5 Å². The van der Waals surface area contributed by atoms with E-state index in [2.05, 4.69) is 0 Å². The zero-order valence-corrected chi connectivity index (χ0v) is 22.2. The van der Waals surface area contributed by atoms with E-state index in [-0.39, 0.29) is 23.2 Å². The van der Waals surface area contributed by atoms with Crippen molar-refractivity contribution in [1.29, 1.82) is 0 Å². The van der Waals surface area contributed by atoms with Crippen molar-refractivity contribution in [2.45, 2.75) is 0 Å². The van der Waals surface area contributed by atoms with Gasteiger partial charge in [-0.3, -0.25) is 4.79 Å². The molecule has 0 unspecified atom stereocenters. The van der Waals surface area contributed by atoms with Crippen LogP contribution in [0.15, 0.2) is 77.4 Å². The molecular weight excluding hydrogens is 556 g/mol. The van der Waals surface area contributed by atoms with Crippen LogP contribution in [0.3, 0.4) is 0 Å². The van der Waals surface area contributed by atoms with Crippen LogP contribution in [0.1, 0.15) is 15.9 Å². The van der Waals surface area contributed by atoms with Crippen LogP contribution in [-0.2, 0) is 9.53 Å². The standard InChI is InChI=1S/C30H22ClF2N3O5/c31-22-4-2-1-3-19(22)27-26(16-41-30(27)40)35-11-9-34(10-12-35)25-14-24-20(13-23(25)33)28(37)21(29(38)39)15-36(24)18-7-5-17(32)6-8-18/h1-8,13-15H,9-12,16H2,(H,38,39). The van der Waals surface area contributed by atoms with E-state index in [9.17, 15) is 23.9 Å². The minimum absolute atomic E-state index is 0.106. The first-order chi connectivity index (χ1) is 19.7. The van der Waals surface area contributed by atoms with Crippen LogP contribution in [0.5, 0.6) is 0 Å². The molecule has 4 aromatic rings. The molecule has 0 amide bonds. The third-order valence-electron chi connectivity index (χ3n) is 7.39. The number of aromatic carboxylic acids is 1. The lowest BCUT2D eigenvalue weighted by Gasteiger charge is -2.38. The van der Waals surface area contributed by atoms with E-state index in [1.165, 1.54) is 41.1 Å². The van der Waals surface area contributed by atoms with Crippen LogP contribution in [0, 0.1) is 11.6 Å². The first kappa shape index (κ1) is 26.5. The molecule has 1 N–H and O–H groups in total. The lowest BCUT2D eigenvalue weighted by Crippen LogP contribution is -2.46. The smallest absolute Gasteiger partial charge is 0.341 e. The van der Waals surface area contributed by atoms with Crippen LogP contribution in [0.2, 0.25) is 5.02 Å². The van der Waals surface area contributed by atoms with Crippen molar-refractivity contribution in [1.82, 2.24) is 9.47 Å². The van der Waals surface area contributed by atoms with Crippen molar-refractivity contribution in [2.24, 2.45) is 0 Å². The number of aromatic nitrogens is 1. The third-order valence-corrected chi connectivity index (χ3v) is 7.71. The number of esters is 1. The van der Waals surface area contributed by atoms with Crippen molar-refractivity contribution in [3.8, 4) is 5.69 Å². The Kier molecular flexibility index (Phi) is 6.70. The molecule has 8 nitrogen and oxygen atoms in total. The SMILES string of the molecule is O=C1OCC(N2CCN(c3cc4c(cc3F)c(=O)c(C(=O)O)cn4-c3ccc(F)cc3)CC2)=C1c1ccccc1Cl. The molecule has 1 aromatic heterocycles. The fourth-order valence-electron chi connectivity index (χ4n) is 5.34. The summed E-state index contributed by atoms with van der Waals surface area (Å²) in [6, 6.07) is 14.9. The van der Waals surface area contributed by atoms with Crippen LogP contribution in [0.4, 0.5) is 14.5 Å². The molecule has 0 aliphatic carbocycles. The van der Waals surface area contributed by atoms with E-state index >= 15 is 4.39 Å². The van der Waals surface area contributed by atoms with E-state index in [1.54, 1.807) is 24.3 Å². The number of carboxylic acid groups (broad SMARTS) is 1. The first-order valence-corrected chi connectivity index (χ1v) is 13.1. The second-order valence-electron chi connectivity index (χ2n) is 9.70. The number of rotatable bonds is 5. The predicted molar refractivity (Wildman–Crippen MR) is 150 cm³/mol. The molecule has 11 heteroatoms. The Balaban J connectivity index is 1.36. The lowest BCUT2D eigenvalue weighted by atomic mass is 10.0. The average Bonchev–Trinajstić information content (AvgIpc) is 3.35. The maximum atomic E-state index is 15.5. The minimum Gasteiger partial charge on any atom is -0.477 e. The van der Waals surface area contributed by atoms with Crippen LogP contribution >= 0.6 is 11.6 Å². The Morgan fingerprint density at radius 3 is 2.29 bits per heavy atom. The minimum atomic E-state index is -1.45. The molecule has 0 bridgehead atoms. The highest BCUT2D eigenvalue weighted by Crippen LogP contribution is 2.34. The zero-order valence-electron chi connectivity index (χ0n) is 21.4. The van der Waals surface area contributed by atoms with Crippen molar-refractivity contribution >= 4 is 45.7 Å². The molecule has 1 fully saturated rings. The second-order valence-corrected chi connectivity index (χ2v) is 10.1. The maximum absolute atomic E-state index is 15.5. The molecule has 1 saturated heterocycles. The molecule has 2 aliphatic rings. The summed E-state index contributed by atoms with van der Waals surface area (Å²) < 4.78 is 35.9. The van der Waals surface area contributed by atoms with Gasteiger partial charge < -0.3 is 24.2 Å². The Hall–Kier alpha value is -4.70. The number of cyclic esters (lactones) is 1. The van der Waals surface area contributed by atoms with E-state index in [4.69, 9.17) is 16.3 Å². The van der Waals surface area contributed by atoms with Crippen molar-refractivity contribution < 1.29 is 28.2 Å². The van der Waals surface area contributed by atoms with Gasteiger partial charge >= 0.3 is 11.9 Å². The summed E-state index contributed by atoms with van der Waals surface area (Å²) in [4.78, 5) is 41.1. The highest BCUT2D eigenvalue weighted by molar-refractivity contribution is 6.35. The van der Waals surface area contributed by atoms with Gasteiger partial charge in [-0.2, -0.15) is 0 Å². The van der Waals surface area contributed by atoms with Crippen LogP contribution in [-0.4, -0.2) is 59.3 Å². The van der Waals surface area contributed by atoms with Gasteiger partial charge in [0.2, 0.25) is 5.43 Å². The quantitative estimate of drug-likeness (QED) is 0.344. The molecule has 41 heavy (non-hydrogen) atoms. The van der Waals surface area contributed by atoms with Gasteiger partial charge in [-0.25, -0.2) is 18.4 Å². The Bertz CT molecular complexity index is 1810. The monoisotopic (exact) mass is 577 g/mol. The van der Waals surface area contributed by atoms with Gasteiger partial charge in [-0.1, -0.05) is 29.8 Å². The number of anilines is 1. The van der Waals surface area contributed by atoms with Crippen molar-refractivity contribution in [3.63, 3.8) is 0 Å². The molecule has 3 aromatic carbocycles. The lowest BCUT2D eigenvalue weighted by molar-refractivity contribution is -0.134. The number of hydrogen-bond acceptors (Lipinski definition) is 6. The van der Waals surface area contributed by atoms with E-state index in [0.717, 1.165) is 6.07 Å². The number of nitrogens with zero attached hydrogens (tertiary/aromatic N) is 3. The molecular formula is C30H22ClF2N3O5. The summed E-state index contributed by atoms with van der Waals surface area (Å²) in [6.07, 6.45) is 1.17. The number of benzene rings is 3. The molecule has 0 radical (unpaired) electrons. The fourth-order valence-corrected chi connectivity index (χ4v) is 5.57. The predicted octanol–water partition coefficient (Wildman–Crippen LogP) is 4.71. The van der Waals surface area contributed by atoms with Crippen LogP contribution in [0.25, 0.3) is 22.2 Å². The third kappa shape index (κ3) is 4.70. The Morgan fingerprint density at radius 2 is 1.61 bits per heavy atom. The Labute approximate surface area is 237 Å². The molecule has 208 valence electrons. The van der Waals surface area contributed by atoms with Crippen molar-refractivity contribution in [2.75, 3.05) is 37.7 Å². The number of carbonyl (C=O) groups is 2. The number of pyridine rings is 1. The topological polar surface area (TPSA) is 92.1 Å². The number of hydrogen-bond donors (Lipinski definition) is 1. The summed E-state index contributed by atoms with van der Waals surface area (Å²) in [7, 11) is 0. The number of ether oxygens (including phenoxy) is 1. The normalized spacial score (nSPS) is 15.5. The summed E-state index contributed by atoms with van der Waals surface area (Å²) >= 11 is 6.36. The molecule has 0 saturated carbocycles. The number of fused-ring (bicyclic) bond motifs is 1. The average molecular weight is 578 g/mol. The van der Waals surface area contributed by atoms with E-state index in [1.807, 2.05) is 9.80 Å². The van der Waals surface area contributed by atoms with Gasteiger partial charge in [-0.05, 0) is 42.5 Å². The van der Waals surface area contributed by atoms with Gasteiger partial charge in [0.25, 0.3) is 0 Å². The van der Waals surface area contributed by atoms with Gasteiger partial charge in [0.15, 0.2) is 0 Å². The molecule has 0 atom stereocenters. The summed E-state index contributed by atoms with van der Waals surface area (Å²) in [5.74, 6) is -3.06. The molecule has 0 spiro atoms. The number of carboxylic acids is 1. The van der Waals surface area contributed by atoms with Gasteiger partial charge in [0, 0.05) is 54.0 Å². The largest absolute Gasteiger partial charge is 0.477 e. The molecule has 6 rings (SSSR count).